The Morgan fingerprint density at radius 1 is 0.963 bits per heavy atom. The van der Waals surface area contributed by atoms with Gasteiger partial charge >= 0.3 is 0 Å². The zero-order valence-corrected chi connectivity index (χ0v) is 17.2. The Morgan fingerprint density at radius 3 is 2.15 bits per heavy atom. The van der Waals surface area contributed by atoms with Crippen molar-refractivity contribution >= 4 is 27.3 Å². The fourth-order valence-electron chi connectivity index (χ4n) is 3.22. The first-order chi connectivity index (χ1) is 12.7. The van der Waals surface area contributed by atoms with Crippen LogP contribution in [0.5, 0.6) is 0 Å². The van der Waals surface area contributed by atoms with Crippen molar-refractivity contribution in [3.63, 3.8) is 0 Å². The Morgan fingerprint density at radius 2 is 1.56 bits per heavy atom. The number of nitrogens with zero attached hydrogens (tertiary/aromatic N) is 1. The molecule has 0 aliphatic carbocycles. The third-order valence-corrected chi connectivity index (χ3v) is 7.15. The maximum atomic E-state index is 13.1. The van der Waals surface area contributed by atoms with Crippen LogP contribution in [0.3, 0.4) is 0 Å². The minimum Gasteiger partial charge on any atom is -0.384 e. The van der Waals surface area contributed by atoms with Gasteiger partial charge in [-0.2, -0.15) is 0 Å². The van der Waals surface area contributed by atoms with Gasteiger partial charge < -0.3 is 10.3 Å². The summed E-state index contributed by atoms with van der Waals surface area (Å²) in [6.45, 7) is 6.38. The molecule has 1 heterocycles. The number of nitrogens with two attached hydrogens (primary N) is 1. The van der Waals surface area contributed by atoms with Crippen LogP contribution >= 0.6 is 11.6 Å². The molecule has 0 aliphatic rings. The Balaban J connectivity index is 1.97. The third-order valence-electron chi connectivity index (χ3n) is 4.95. The van der Waals surface area contributed by atoms with Crippen LogP contribution in [-0.4, -0.2) is 13.0 Å². The SMILES string of the molecule is Cc1ccc(CCn2c(C)c(C)c(S(=O)(=O)c3ccc(Cl)cc3)c2N)cc1. The summed E-state index contributed by atoms with van der Waals surface area (Å²) in [5.74, 6) is 0.284. The summed E-state index contributed by atoms with van der Waals surface area (Å²) in [5.41, 5.74) is 10.3. The molecule has 0 fully saturated rings. The number of hydrogen-bond acceptors (Lipinski definition) is 3. The molecular weight excluding hydrogens is 380 g/mol. The number of rotatable bonds is 5. The van der Waals surface area contributed by atoms with E-state index in [1.165, 1.54) is 23.3 Å². The number of sulfone groups is 1. The van der Waals surface area contributed by atoms with Crippen LogP contribution in [0, 0.1) is 20.8 Å². The van der Waals surface area contributed by atoms with Crippen molar-refractivity contribution in [2.24, 2.45) is 0 Å². The molecule has 0 radical (unpaired) electrons. The molecule has 0 amide bonds. The lowest BCUT2D eigenvalue weighted by Crippen LogP contribution is -2.10. The van der Waals surface area contributed by atoms with Crippen molar-refractivity contribution in [2.75, 3.05) is 5.73 Å². The summed E-state index contributed by atoms with van der Waals surface area (Å²) >= 11 is 5.89. The van der Waals surface area contributed by atoms with Gasteiger partial charge in [0.05, 0.1) is 4.90 Å². The van der Waals surface area contributed by atoms with Gasteiger partial charge in [-0.25, -0.2) is 8.42 Å². The highest BCUT2D eigenvalue weighted by atomic mass is 35.5. The molecule has 0 spiro atoms. The standard InChI is InChI=1S/C21H23ClN2O2S/c1-14-4-6-17(7-5-14)12-13-24-16(3)15(2)20(21(24)23)27(25,26)19-10-8-18(22)9-11-19/h4-11H,12-13,23H2,1-3H3. The summed E-state index contributed by atoms with van der Waals surface area (Å²) in [4.78, 5) is 0.378. The second-order valence-corrected chi connectivity index (χ2v) is 9.09. The maximum absolute atomic E-state index is 13.1. The number of aromatic nitrogens is 1. The molecule has 0 atom stereocenters. The van der Waals surface area contributed by atoms with Gasteiger partial charge in [0.1, 0.15) is 10.7 Å². The van der Waals surface area contributed by atoms with Crippen molar-refractivity contribution in [3.8, 4) is 0 Å². The first-order valence-electron chi connectivity index (χ1n) is 8.73. The van der Waals surface area contributed by atoms with E-state index in [0.717, 1.165) is 12.1 Å². The van der Waals surface area contributed by atoms with E-state index in [0.29, 0.717) is 17.1 Å². The molecule has 3 rings (SSSR count). The smallest absolute Gasteiger partial charge is 0.210 e. The number of benzene rings is 2. The van der Waals surface area contributed by atoms with Crippen LogP contribution in [0.1, 0.15) is 22.4 Å². The minimum absolute atomic E-state index is 0.186. The predicted octanol–water partition coefficient (Wildman–Crippen LogP) is 4.72. The lowest BCUT2D eigenvalue weighted by molar-refractivity contribution is 0.595. The number of halogens is 1. The first-order valence-corrected chi connectivity index (χ1v) is 10.6. The second-order valence-electron chi connectivity index (χ2n) is 6.77. The van der Waals surface area contributed by atoms with E-state index in [9.17, 15) is 8.42 Å². The number of hydrogen-bond donors (Lipinski definition) is 1. The van der Waals surface area contributed by atoms with E-state index in [1.54, 1.807) is 19.1 Å². The van der Waals surface area contributed by atoms with Crippen LogP contribution in [0.15, 0.2) is 58.3 Å². The number of anilines is 1. The van der Waals surface area contributed by atoms with E-state index in [4.69, 9.17) is 17.3 Å². The molecule has 2 aromatic carbocycles. The van der Waals surface area contributed by atoms with Gasteiger partial charge in [0.25, 0.3) is 0 Å². The third kappa shape index (κ3) is 3.75. The summed E-state index contributed by atoms with van der Waals surface area (Å²) in [7, 11) is -3.71. The normalized spacial score (nSPS) is 11.7. The molecule has 0 saturated heterocycles. The second kappa shape index (κ2) is 7.41. The zero-order chi connectivity index (χ0) is 19.8. The quantitative estimate of drug-likeness (QED) is 0.671. The van der Waals surface area contributed by atoms with Crippen LogP contribution in [-0.2, 0) is 22.8 Å². The lowest BCUT2D eigenvalue weighted by Gasteiger charge is -2.10. The highest BCUT2D eigenvalue weighted by Crippen LogP contribution is 2.33. The van der Waals surface area contributed by atoms with Crippen molar-refractivity contribution in [2.45, 2.75) is 43.5 Å². The zero-order valence-electron chi connectivity index (χ0n) is 15.7. The molecule has 3 aromatic rings. The van der Waals surface area contributed by atoms with Crippen molar-refractivity contribution in [3.05, 3.63) is 75.9 Å². The first kappa shape index (κ1) is 19.5. The molecule has 27 heavy (non-hydrogen) atoms. The minimum atomic E-state index is -3.71. The molecule has 0 bridgehead atoms. The highest BCUT2D eigenvalue weighted by Gasteiger charge is 2.28. The fourth-order valence-corrected chi connectivity index (χ4v) is 5.01. The van der Waals surface area contributed by atoms with Gasteiger partial charge in [-0.15, -0.1) is 0 Å². The van der Waals surface area contributed by atoms with Gasteiger partial charge in [-0.05, 0) is 62.6 Å². The van der Waals surface area contributed by atoms with Crippen LogP contribution < -0.4 is 5.73 Å². The Kier molecular flexibility index (Phi) is 5.36. The molecule has 2 N–H and O–H groups in total. The van der Waals surface area contributed by atoms with Crippen molar-refractivity contribution in [1.82, 2.24) is 4.57 Å². The van der Waals surface area contributed by atoms with Crippen LogP contribution in [0.25, 0.3) is 0 Å². The van der Waals surface area contributed by atoms with Crippen LogP contribution in [0.4, 0.5) is 5.82 Å². The van der Waals surface area contributed by atoms with E-state index >= 15 is 0 Å². The Hall–Kier alpha value is -2.24. The molecule has 4 nitrogen and oxygen atoms in total. The highest BCUT2D eigenvalue weighted by molar-refractivity contribution is 7.91. The lowest BCUT2D eigenvalue weighted by atomic mass is 10.1. The average Bonchev–Trinajstić information content (AvgIpc) is 2.84. The monoisotopic (exact) mass is 402 g/mol. The van der Waals surface area contributed by atoms with E-state index in [-0.39, 0.29) is 15.6 Å². The van der Waals surface area contributed by atoms with Gasteiger partial charge in [-0.1, -0.05) is 41.4 Å². The molecule has 0 unspecified atom stereocenters. The largest absolute Gasteiger partial charge is 0.384 e. The Bertz CT molecular complexity index is 1070. The molecule has 0 aliphatic heterocycles. The van der Waals surface area contributed by atoms with E-state index < -0.39 is 9.84 Å². The van der Waals surface area contributed by atoms with Crippen molar-refractivity contribution in [1.29, 1.82) is 0 Å². The van der Waals surface area contributed by atoms with E-state index in [2.05, 4.69) is 31.2 Å². The predicted molar refractivity (Wildman–Crippen MR) is 110 cm³/mol. The Labute approximate surface area is 165 Å². The summed E-state index contributed by atoms with van der Waals surface area (Å²) in [5, 5.41) is 0.491. The fraction of sp³-hybridized carbons (Fsp3) is 0.238. The summed E-state index contributed by atoms with van der Waals surface area (Å²) in [6.07, 6.45) is 0.778. The average molecular weight is 403 g/mol. The summed E-state index contributed by atoms with van der Waals surface area (Å²) in [6, 6.07) is 14.5. The topological polar surface area (TPSA) is 65.1 Å². The number of aryl methyl sites for hydroxylation is 2. The van der Waals surface area contributed by atoms with E-state index in [1.807, 2.05) is 11.5 Å². The van der Waals surface area contributed by atoms with Gasteiger partial charge in [0, 0.05) is 17.3 Å². The molecule has 6 heteroatoms. The van der Waals surface area contributed by atoms with Gasteiger partial charge in [0.2, 0.25) is 9.84 Å². The molecule has 0 saturated carbocycles. The van der Waals surface area contributed by atoms with Crippen LogP contribution in [0.2, 0.25) is 5.02 Å². The summed E-state index contributed by atoms with van der Waals surface area (Å²) < 4.78 is 28.1. The molecule has 142 valence electrons. The van der Waals surface area contributed by atoms with Gasteiger partial charge in [0.15, 0.2) is 0 Å². The molecule has 1 aromatic heterocycles. The maximum Gasteiger partial charge on any atom is 0.210 e. The van der Waals surface area contributed by atoms with Gasteiger partial charge in [-0.3, -0.25) is 0 Å². The van der Waals surface area contributed by atoms with Crippen molar-refractivity contribution < 1.29 is 8.42 Å². The molecular formula is C21H23ClN2O2S. The number of nitrogen functional groups attached to an aromatic ring is 1.